The molecule has 0 aliphatic carbocycles. The molecule has 0 saturated heterocycles. The predicted molar refractivity (Wildman–Crippen MR) is 58.5 cm³/mol. The minimum Gasteiger partial charge on any atom is -0.287 e. The first kappa shape index (κ1) is 12.6. The molecule has 1 heterocycles. The molecule has 0 saturated carbocycles. The smallest absolute Gasteiger partial charge is 0.287 e. The number of aromatic nitrogens is 2. The van der Waals surface area contributed by atoms with Crippen molar-refractivity contribution in [3.8, 4) is 0 Å². The van der Waals surface area contributed by atoms with Crippen molar-refractivity contribution < 1.29 is 18.0 Å². The summed E-state index contributed by atoms with van der Waals surface area (Å²) in [6.07, 6.45) is -4.55. The molecule has 0 bridgehead atoms. The molecule has 0 unspecified atom stereocenters. The maximum absolute atomic E-state index is 12.3. The Hall–Kier alpha value is -1.82. The van der Waals surface area contributed by atoms with E-state index in [0.29, 0.717) is 11.1 Å². The van der Waals surface area contributed by atoms with Crippen LogP contribution in [0.1, 0.15) is 21.7 Å². The average Bonchev–Trinajstić information content (AvgIpc) is 2.78. The lowest BCUT2D eigenvalue weighted by Crippen LogP contribution is -2.05. The van der Waals surface area contributed by atoms with Crippen LogP contribution in [0.3, 0.4) is 0 Å². The van der Waals surface area contributed by atoms with Crippen molar-refractivity contribution in [2.24, 2.45) is 0 Å². The SMILES string of the molecule is O=C(c1ccc(Cl)cc1)c1cc(C(F)(F)F)[nH]n1. The molecule has 1 aromatic carbocycles. The minimum atomic E-state index is -4.55. The van der Waals surface area contributed by atoms with Crippen LogP contribution in [0.15, 0.2) is 30.3 Å². The zero-order valence-electron chi connectivity index (χ0n) is 8.75. The maximum atomic E-state index is 12.3. The van der Waals surface area contributed by atoms with Crippen molar-refractivity contribution in [2.75, 3.05) is 0 Å². The number of carbonyl (C=O) groups excluding carboxylic acids is 1. The van der Waals surface area contributed by atoms with Gasteiger partial charge in [-0.1, -0.05) is 11.6 Å². The molecule has 0 atom stereocenters. The van der Waals surface area contributed by atoms with Gasteiger partial charge >= 0.3 is 6.18 Å². The van der Waals surface area contributed by atoms with E-state index < -0.39 is 17.7 Å². The van der Waals surface area contributed by atoms with E-state index in [2.05, 4.69) is 5.10 Å². The Kier molecular flexibility index (Phi) is 3.13. The van der Waals surface area contributed by atoms with Crippen LogP contribution in [-0.2, 0) is 6.18 Å². The van der Waals surface area contributed by atoms with Crippen molar-refractivity contribution in [1.82, 2.24) is 10.2 Å². The first-order chi connectivity index (χ1) is 8.38. The molecular weight excluding hydrogens is 269 g/mol. The highest BCUT2D eigenvalue weighted by Gasteiger charge is 2.33. The van der Waals surface area contributed by atoms with Gasteiger partial charge in [0, 0.05) is 10.6 Å². The fraction of sp³-hybridized carbons (Fsp3) is 0.0909. The zero-order valence-corrected chi connectivity index (χ0v) is 9.51. The van der Waals surface area contributed by atoms with Crippen LogP contribution in [0.25, 0.3) is 0 Å². The molecule has 0 aliphatic rings. The molecule has 3 nitrogen and oxygen atoms in total. The van der Waals surface area contributed by atoms with E-state index in [1.807, 2.05) is 0 Å². The first-order valence-corrected chi connectivity index (χ1v) is 5.18. The van der Waals surface area contributed by atoms with E-state index in [9.17, 15) is 18.0 Å². The standard InChI is InChI=1S/C11H6ClF3N2O/c12-7-3-1-6(2-4-7)10(18)8-5-9(17-16-8)11(13,14)15/h1-5H,(H,16,17). The third-order valence-electron chi connectivity index (χ3n) is 2.22. The van der Waals surface area contributed by atoms with Gasteiger partial charge in [-0.3, -0.25) is 9.89 Å². The molecule has 2 aromatic rings. The highest BCUT2D eigenvalue weighted by molar-refractivity contribution is 6.30. The number of hydrogen-bond donors (Lipinski definition) is 1. The second-order valence-corrected chi connectivity index (χ2v) is 3.94. The van der Waals surface area contributed by atoms with Gasteiger partial charge in [0.05, 0.1) is 0 Å². The summed E-state index contributed by atoms with van der Waals surface area (Å²) in [4.78, 5) is 11.8. The van der Waals surface area contributed by atoms with Gasteiger partial charge in [-0.2, -0.15) is 18.3 Å². The van der Waals surface area contributed by atoms with Gasteiger partial charge in [-0.15, -0.1) is 0 Å². The number of alkyl halides is 3. The Labute approximate surface area is 105 Å². The number of aromatic amines is 1. The van der Waals surface area contributed by atoms with Gasteiger partial charge in [0.2, 0.25) is 5.78 Å². The Bertz CT molecular complexity index is 575. The third kappa shape index (κ3) is 2.53. The second kappa shape index (κ2) is 4.45. The third-order valence-corrected chi connectivity index (χ3v) is 2.47. The maximum Gasteiger partial charge on any atom is 0.432 e. The number of hydrogen-bond acceptors (Lipinski definition) is 2. The van der Waals surface area contributed by atoms with Crippen LogP contribution in [-0.4, -0.2) is 16.0 Å². The van der Waals surface area contributed by atoms with Gasteiger partial charge in [-0.25, -0.2) is 0 Å². The van der Waals surface area contributed by atoms with Gasteiger partial charge in [0.15, 0.2) is 0 Å². The summed E-state index contributed by atoms with van der Waals surface area (Å²) in [7, 11) is 0. The number of rotatable bonds is 2. The van der Waals surface area contributed by atoms with Gasteiger partial charge in [0.25, 0.3) is 0 Å². The number of carbonyl (C=O) groups is 1. The number of ketones is 1. The van der Waals surface area contributed by atoms with E-state index in [1.54, 1.807) is 5.10 Å². The highest BCUT2D eigenvalue weighted by atomic mass is 35.5. The molecular formula is C11H6ClF3N2O. The fourth-order valence-electron chi connectivity index (χ4n) is 1.33. The summed E-state index contributed by atoms with van der Waals surface area (Å²) in [6.45, 7) is 0. The number of benzene rings is 1. The van der Waals surface area contributed by atoms with Crippen molar-refractivity contribution in [3.63, 3.8) is 0 Å². The van der Waals surface area contributed by atoms with Gasteiger partial charge in [-0.05, 0) is 30.3 Å². The van der Waals surface area contributed by atoms with Gasteiger partial charge in [0.1, 0.15) is 11.4 Å². The number of nitrogens with zero attached hydrogens (tertiary/aromatic N) is 1. The Morgan fingerprint density at radius 3 is 2.33 bits per heavy atom. The second-order valence-electron chi connectivity index (χ2n) is 3.50. The van der Waals surface area contributed by atoms with E-state index in [1.165, 1.54) is 24.3 Å². The normalized spacial score (nSPS) is 11.6. The topological polar surface area (TPSA) is 45.8 Å². The quantitative estimate of drug-likeness (QED) is 0.854. The summed E-state index contributed by atoms with van der Waals surface area (Å²) in [6, 6.07) is 6.48. The van der Waals surface area contributed by atoms with Crippen LogP contribution < -0.4 is 0 Å². The monoisotopic (exact) mass is 274 g/mol. The number of nitrogens with one attached hydrogen (secondary N) is 1. The van der Waals surface area contributed by atoms with E-state index in [-0.39, 0.29) is 11.3 Å². The number of H-pyrrole nitrogens is 1. The van der Waals surface area contributed by atoms with Crippen LogP contribution in [0, 0.1) is 0 Å². The molecule has 94 valence electrons. The van der Waals surface area contributed by atoms with Crippen LogP contribution in [0.4, 0.5) is 13.2 Å². The molecule has 2 rings (SSSR count). The van der Waals surface area contributed by atoms with E-state index >= 15 is 0 Å². The van der Waals surface area contributed by atoms with Crippen molar-refractivity contribution in [1.29, 1.82) is 0 Å². The van der Waals surface area contributed by atoms with Gasteiger partial charge < -0.3 is 0 Å². The summed E-state index contributed by atoms with van der Waals surface area (Å²) < 4.78 is 37.0. The molecule has 7 heteroatoms. The first-order valence-electron chi connectivity index (χ1n) is 4.81. The fourth-order valence-corrected chi connectivity index (χ4v) is 1.46. The summed E-state index contributed by atoms with van der Waals surface area (Å²) in [5.41, 5.74) is -1.12. The number of halogens is 4. The summed E-state index contributed by atoms with van der Waals surface area (Å²) >= 11 is 5.64. The molecule has 0 spiro atoms. The van der Waals surface area contributed by atoms with Crippen molar-refractivity contribution in [3.05, 3.63) is 52.3 Å². The molecule has 1 aromatic heterocycles. The molecule has 1 N–H and O–H groups in total. The lowest BCUT2D eigenvalue weighted by molar-refractivity contribution is -0.141. The van der Waals surface area contributed by atoms with E-state index in [0.717, 1.165) is 0 Å². The highest BCUT2D eigenvalue weighted by Crippen LogP contribution is 2.28. The molecule has 0 aliphatic heterocycles. The average molecular weight is 275 g/mol. The minimum absolute atomic E-state index is 0.222. The Morgan fingerprint density at radius 2 is 1.83 bits per heavy atom. The summed E-state index contributed by atoms with van der Waals surface area (Å²) in [5.74, 6) is -0.599. The largest absolute Gasteiger partial charge is 0.432 e. The zero-order chi connectivity index (χ0) is 13.3. The van der Waals surface area contributed by atoms with Crippen molar-refractivity contribution >= 4 is 17.4 Å². The molecule has 0 amide bonds. The predicted octanol–water partition coefficient (Wildman–Crippen LogP) is 3.31. The lowest BCUT2D eigenvalue weighted by atomic mass is 10.1. The van der Waals surface area contributed by atoms with E-state index in [4.69, 9.17) is 11.6 Å². The Morgan fingerprint density at radius 1 is 1.22 bits per heavy atom. The van der Waals surface area contributed by atoms with Crippen LogP contribution >= 0.6 is 11.6 Å². The molecule has 0 fully saturated rings. The van der Waals surface area contributed by atoms with Crippen LogP contribution in [0.5, 0.6) is 0 Å². The lowest BCUT2D eigenvalue weighted by Gasteiger charge is -2.00. The molecule has 0 radical (unpaired) electrons. The van der Waals surface area contributed by atoms with Crippen LogP contribution in [0.2, 0.25) is 5.02 Å². The summed E-state index contributed by atoms with van der Waals surface area (Å²) in [5, 5.41) is 5.57. The Balaban J connectivity index is 2.29. The molecule has 18 heavy (non-hydrogen) atoms. The van der Waals surface area contributed by atoms with Crippen molar-refractivity contribution in [2.45, 2.75) is 6.18 Å².